The van der Waals surface area contributed by atoms with Crippen molar-refractivity contribution in [3.63, 3.8) is 0 Å². The smallest absolute Gasteiger partial charge is 0.177 e. The van der Waals surface area contributed by atoms with E-state index in [1.807, 2.05) is 7.05 Å². The lowest BCUT2D eigenvalue weighted by molar-refractivity contribution is 0.384. The second kappa shape index (κ2) is 4.03. The van der Waals surface area contributed by atoms with Crippen LogP contribution in [0.5, 0.6) is 0 Å². The fourth-order valence-corrected chi connectivity index (χ4v) is 3.05. The number of halogens is 1. The molecule has 0 bridgehead atoms. The van der Waals surface area contributed by atoms with E-state index in [0.717, 1.165) is 11.3 Å². The number of hydrogen-bond acceptors (Lipinski definition) is 2. The highest BCUT2D eigenvalue weighted by molar-refractivity contribution is 9.10. The molecular formula is C10H16BrN3. The van der Waals surface area contributed by atoms with Gasteiger partial charge in [0.05, 0.1) is 5.69 Å². The zero-order chi connectivity index (χ0) is 10.1. The summed E-state index contributed by atoms with van der Waals surface area (Å²) in [7, 11) is 2.01. The Balaban J connectivity index is 2.37. The van der Waals surface area contributed by atoms with Gasteiger partial charge in [0.2, 0.25) is 0 Å². The van der Waals surface area contributed by atoms with Crippen molar-refractivity contribution in [1.82, 2.24) is 14.9 Å². The van der Waals surface area contributed by atoms with Gasteiger partial charge in [-0.2, -0.15) is 0 Å². The summed E-state index contributed by atoms with van der Waals surface area (Å²) in [5.74, 6) is 0. The third-order valence-electron chi connectivity index (χ3n) is 2.92. The van der Waals surface area contributed by atoms with E-state index in [2.05, 4.69) is 37.7 Å². The van der Waals surface area contributed by atoms with E-state index in [1.165, 1.54) is 30.7 Å². The monoisotopic (exact) mass is 257 g/mol. The molecule has 0 aliphatic carbocycles. The predicted molar refractivity (Wildman–Crippen MR) is 60.6 cm³/mol. The quantitative estimate of drug-likeness (QED) is 0.879. The Morgan fingerprint density at radius 1 is 1.64 bits per heavy atom. The maximum atomic E-state index is 4.48. The van der Waals surface area contributed by atoms with Crippen LogP contribution < -0.4 is 5.32 Å². The van der Waals surface area contributed by atoms with Crippen LogP contribution in [0.1, 0.15) is 30.3 Å². The van der Waals surface area contributed by atoms with Crippen molar-refractivity contribution >= 4 is 15.9 Å². The molecular weight excluding hydrogens is 242 g/mol. The van der Waals surface area contributed by atoms with Crippen molar-refractivity contribution in [2.75, 3.05) is 13.6 Å². The Morgan fingerprint density at radius 3 is 3.14 bits per heavy atom. The SMILES string of the molecule is CNCC1CCCc2c(C)nc(Br)n21. The topological polar surface area (TPSA) is 29.9 Å². The molecule has 1 N–H and O–H groups in total. The first kappa shape index (κ1) is 10.2. The first-order valence-electron chi connectivity index (χ1n) is 5.12. The van der Waals surface area contributed by atoms with Gasteiger partial charge in [-0.3, -0.25) is 0 Å². The summed E-state index contributed by atoms with van der Waals surface area (Å²) < 4.78 is 3.33. The summed E-state index contributed by atoms with van der Waals surface area (Å²) in [5.41, 5.74) is 2.58. The molecule has 1 aromatic heterocycles. The standard InChI is InChI=1S/C10H16BrN3/c1-7-9-5-3-4-8(6-12-2)14(9)10(11)13-7/h8,12H,3-6H2,1-2H3. The molecule has 1 unspecified atom stereocenters. The summed E-state index contributed by atoms with van der Waals surface area (Å²) >= 11 is 3.54. The first-order chi connectivity index (χ1) is 6.74. The third-order valence-corrected chi connectivity index (χ3v) is 3.48. The molecule has 0 saturated heterocycles. The van der Waals surface area contributed by atoms with Gasteiger partial charge in [-0.25, -0.2) is 4.98 Å². The van der Waals surface area contributed by atoms with E-state index >= 15 is 0 Å². The van der Waals surface area contributed by atoms with Crippen LogP contribution in [0.25, 0.3) is 0 Å². The molecule has 1 atom stereocenters. The normalized spacial score (nSPS) is 20.9. The minimum Gasteiger partial charge on any atom is -0.318 e. The summed E-state index contributed by atoms with van der Waals surface area (Å²) in [4.78, 5) is 4.48. The number of fused-ring (bicyclic) bond motifs is 1. The zero-order valence-electron chi connectivity index (χ0n) is 8.68. The average Bonchev–Trinajstić information content (AvgIpc) is 2.44. The minimum atomic E-state index is 0.569. The fraction of sp³-hybridized carbons (Fsp3) is 0.700. The number of likely N-dealkylation sites (N-methyl/N-ethyl adjacent to an activating group) is 1. The van der Waals surface area contributed by atoms with Gasteiger partial charge in [0.1, 0.15) is 0 Å². The summed E-state index contributed by atoms with van der Waals surface area (Å²) in [6.07, 6.45) is 3.71. The maximum absolute atomic E-state index is 4.48. The molecule has 1 aromatic rings. The molecule has 1 aliphatic heterocycles. The molecule has 0 fully saturated rings. The number of rotatable bonds is 2. The lowest BCUT2D eigenvalue weighted by atomic mass is 10.0. The summed E-state index contributed by atoms with van der Waals surface area (Å²) in [5, 5.41) is 3.25. The van der Waals surface area contributed by atoms with Gasteiger partial charge < -0.3 is 9.88 Å². The molecule has 0 saturated carbocycles. The summed E-state index contributed by atoms with van der Waals surface area (Å²) in [6.45, 7) is 3.12. The van der Waals surface area contributed by atoms with Crippen LogP contribution in [0.15, 0.2) is 4.73 Å². The number of nitrogens with one attached hydrogen (secondary N) is 1. The van der Waals surface area contributed by atoms with Crippen molar-refractivity contribution in [2.24, 2.45) is 0 Å². The average molecular weight is 258 g/mol. The number of aromatic nitrogens is 2. The Kier molecular flexibility index (Phi) is 2.93. The van der Waals surface area contributed by atoms with E-state index in [1.54, 1.807) is 0 Å². The highest BCUT2D eigenvalue weighted by Gasteiger charge is 2.23. The minimum absolute atomic E-state index is 0.569. The van der Waals surface area contributed by atoms with E-state index in [4.69, 9.17) is 0 Å². The molecule has 0 spiro atoms. The largest absolute Gasteiger partial charge is 0.318 e. The number of imidazole rings is 1. The van der Waals surface area contributed by atoms with Gasteiger partial charge in [-0.05, 0) is 49.2 Å². The molecule has 14 heavy (non-hydrogen) atoms. The molecule has 1 aliphatic rings. The molecule has 0 radical (unpaired) electrons. The van der Waals surface area contributed by atoms with E-state index in [9.17, 15) is 0 Å². The number of hydrogen-bond donors (Lipinski definition) is 1. The predicted octanol–water partition coefficient (Wildman–Crippen LogP) is 2.05. The van der Waals surface area contributed by atoms with Crippen LogP contribution in [0.2, 0.25) is 0 Å². The maximum Gasteiger partial charge on any atom is 0.177 e. The van der Waals surface area contributed by atoms with E-state index < -0.39 is 0 Å². The van der Waals surface area contributed by atoms with Crippen LogP contribution in [0.4, 0.5) is 0 Å². The Morgan fingerprint density at radius 2 is 2.43 bits per heavy atom. The fourth-order valence-electron chi connectivity index (χ4n) is 2.28. The molecule has 2 heterocycles. The zero-order valence-corrected chi connectivity index (χ0v) is 10.3. The van der Waals surface area contributed by atoms with Crippen molar-refractivity contribution in [3.05, 3.63) is 16.1 Å². The Bertz CT molecular complexity index is 332. The molecule has 0 amide bonds. The van der Waals surface area contributed by atoms with Crippen LogP contribution in [0.3, 0.4) is 0 Å². The molecule has 3 nitrogen and oxygen atoms in total. The second-order valence-corrected chi connectivity index (χ2v) is 4.60. The Hall–Kier alpha value is -0.350. The van der Waals surface area contributed by atoms with Gasteiger partial charge in [0, 0.05) is 18.3 Å². The lowest BCUT2D eigenvalue weighted by Gasteiger charge is -2.26. The van der Waals surface area contributed by atoms with Crippen molar-refractivity contribution in [2.45, 2.75) is 32.2 Å². The van der Waals surface area contributed by atoms with Crippen molar-refractivity contribution < 1.29 is 0 Å². The van der Waals surface area contributed by atoms with Gasteiger partial charge in [0.25, 0.3) is 0 Å². The van der Waals surface area contributed by atoms with Crippen LogP contribution in [-0.2, 0) is 6.42 Å². The van der Waals surface area contributed by atoms with Crippen molar-refractivity contribution in [3.8, 4) is 0 Å². The highest BCUT2D eigenvalue weighted by Crippen LogP contribution is 2.30. The number of aryl methyl sites for hydroxylation is 1. The summed E-state index contributed by atoms with van der Waals surface area (Å²) in [6, 6.07) is 0.569. The molecule has 2 rings (SSSR count). The van der Waals surface area contributed by atoms with Crippen LogP contribution in [0, 0.1) is 6.92 Å². The van der Waals surface area contributed by atoms with Gasteiger partial charge >= 0.3 is 0 Å². The van der Waals surface area contributed by atoms with Gasteiger partial charge in [0.15, 0.2) is 4.73 Å². The highest BCUT2D eigenvalue weighted by atomic mass is 79.9. The molecule has 4 heteroatoms. The van der Waals surface area contributed by atoms with E-state index in [0.29, 0.717) is 6.04 Å². The first-order valence-corrected chi connectivity index (χ1v) is 5.91. The van der Waals surface area contributed by atoms with Gasteiger partial charge in [-0.15, -0.1) is 0 Å². The van der Waals surface area contributed by atoms with E-state index in [-0.39, 0.29) is 0 Å². The van der Waals surface area contributed by atoms with Crippen LogP contribution in [-0.4, -0.2) is 23.1 Å². The number of nitrogens with zero attached hydrogens (tertiary/aromatic N) is 2. The van der Waals surface area contributed by atoms with Crippen molar-refractivity contribution in [1.29, 1.82) is 0 Å². The van der Waals surface area contributed by atoms with Gasteiger partial charge in [-0.1, -0.05) is 0 Å². The molecule has 78 valence electrons. The molecule has 0 aromatic carbocycles. The third kappa shape index (κ3) is 1.61. The Labute approximate surface area is 93.0 Å². The second-order valence-electron chi connectivity index (χ2n) is 3.89. The van der Waals surface area contributed by atoms with Crippen LogP contribution >= 0.6 is 15.9 Å². The lowest BCUT2D eigenvalue weighted by Crippen LogP contribution is -2.27.